The fourth-order valence-electron chi connectivity index (χ4n) is 2.94. The molecule has 4 rings (SSSR count). The van der Waals surface area contributed by atoms with Crippen LogP contribution < -0.4 is 10.9 Å². The van der Waals surface area contributed by atoms with Crippen molar-refractivity contribution in [1.82, 2.24) is 9.97 Å². The number of H-pyrrole nitrogens is 1. The number of rotatable bonds is 3. The third-order valence-corrected chi connectivity index (χ3v) is 4.88. The molecule has 0 fully saturated rings. The number of aromatic nitrogens is 2. The molecule has 0 saturated carbocycles. The number of halogens is 3. The van der Waals surface area contributed by atoms with Gasteiger partial charge in [0.25, 0.3) is 5.56 Å². The topological polar surface area (TPSA) is 57.8 Å². The Labute approximate surface area is 157 Å². The summed E-state index contributed by atoms with van der Waals surface area (Å²) in [6.45, 7) is 0.340. The Morgan fingerprint density at radius 3 is 2.62 bits per heavy atom. The first-order chi connectivity index (χ1) is 12.5. The normalized spacial score (nSPS) is 11.2. The minimum atomic E-state index is -0.423. The van der Waals surface area contributed by atoms with Crippen molar-refractivity contribution < 1.29 is 4.39 Å². The van der Waals surface area contributed by atoms with E-state index in [1.54, 1.807) is 30.3 Å². The number of nitrogens with one attached hydrogen (secondary N) is 2. The molecule has 7 heteroatoms. The largest absolute Gasteiger partial charge is 0.365 e. The zero-order valence-corrected chi connectivity index (χ0v) is 14.8. The maximum Gasteiger partial charge on any atom is 0.258 e. The zero-order valence-electron chi connectivity index (χ0n) is 13.3. The molecule has 0 aliphatic rings. The van der Waals surface area contributed by atoms with E-state index in [1.165, 1.54) is 18.3 Å². The molecule has 0 saturated heterocycles. The standard InChI is InChI=1S/C19H12Cl2FN3O/c20-14-2-1-3-15(21)13(14)9-24-18-11-5-4-10(22)8-12(11)17-16(25-18)6-7-23-19(17)26/h1-8H,9H2,(H,23,26)(H,24,25). The average molecular weight is 388 g/mol. The van der Waals surface area contributed by atoms with Crippen LogP contribution in [0.15, 0.2) is 53.5 Å². The molecule has 0 radical (unpaired) electrons. The van der Waals surface area contributed by atoms with Gasteiger partial charge in [-0.1, -0.05) is 29.3 Å². The Balaban J connectivity index is 1.88. The van der Waals surface area contributed by atoms with Gasteiger partial charge < -0.3 is 10.3 Å². The van der Waals surface area contributed by atoms with E-state index >= 15 is 0 Å². The number of pyridine rings is 2. The van der Waals surface area contributed by atoms with Gasteiger partial charge in [-0.05, 0) is 36.4 Å². The molecule has 0 amide bonds. The summed E-state index contributed by atoms with van der Waals surface area (Å²) in [5.41, 5.74) is 0.893. The fourth-order valence-corrected chi connectivity index (χ4v) is 3.47. The number of aromatic amines is 1. The molecule has 2 aromatic heterocycles. The van der Waals surface area contributed by atoms with Crippen LogP contribution in [0, 0.1) is 5.82 Å². The second kappa shape index (κ2) is 6.59. The van der Waals surface area contributed by atoms with Gasteiger partial charge in [-0.25, -0.2) is 9.37 Å². The molecule has 0 aliphatic heterocycles. The van der Waals surface area contributed by atoms with Gasteiger partial charge in [0.05, 0.1) is 10.9 Å². The van der Waals surface area contributed by atoms with Gasteiger partial charge in [0, 0.05) is 39.1 Å². The van der Waals surface area contributed by atoms with E-state index in [0.717, 1.165) is 5.56 Å². The van der Waals surface area contributed by atoms with Crippen LogP contribution in [0.25, 0.3) is 21.7 Å². The molecule has 26 heavy (non-hydrogen) atoms. The summed E-state index contributed by atoms with van der Waals surface area (Å²) < 4.78 is 13.8. The number of nitrogens with zero attached hydrogens (tertiary/aromatic N) is 1. The lowest BCUT2D eigenvalue weighted by Crippen LogP contribution is -2.09. The summed E-state index contributed by atoms with van der Waals surface area (Å²) in [4.78, 5) is 19.3. The van der Waals surface area contributed by atoms with E-state index < -0.39 is 5.82 Å². The first-order valence-electron chi connectivity index (χ1n) is 7.82. The number of benzene rings is 2. The van der Waals surface area contributed by atoms with Crippen LogP contribution >= 0.6 is 23.2 Å². The summed E-state index contributed by atoms with van der Waals surface area (Å²) in [6.07, 6.45) is 1.51. The minimum Gasteiger partial charge on any atom is -0.365 e. The highest BCUT2D eigenvalue weighted by Gasteiger charge is 2.13. The molecule has 0 unspecified atom stereocenters. The van der Waals surface area contributed by atoms with E-state index in [-0.39, 0.29) is 5.56 Å². The Bertz CT molecular complexity index is 1190. The molecule has 0 atom stereocenters. The summed E-state index contributed by atoms with van der Waals surface area (Å²) in [6, 6.07) is 11.2. The summed E-state index contributed by atoms with van der Waals surface area (Å²) in [5.74, 6) is 0.0995. The maximum absolute atomic E-state index is 13.8. The number of fused-ring (bicyclic) bond motifs is 3. The highest BCUT2D eigenvalue weighted by atomic mass is 35.5. The van der Waals surface area contributed by atoms with E-state index in [1.807, 2.05) is 0 Å². The molecular weight excluding hydrogens is 376 g/mol. The molecule has 4 aromatic rings. The number of anilines is 1. The van der Waals surface area contributed by atoms with Crippen molar-refractivity contribution in [3.63, 3.8) is 0 Å². The van der Waals surface area contributed by atoms with Gasteiger partial charge >= 0.3 is 0 Å². The molecule has 0 bridgehead atoms. The van der Waals surface area contributed by atoms with Crippen LogP contribution in [0.5, 0.6) is 0 Å². The van der Waals surface area contributed by atoms with Crippen molar-refractivity contribution in [3.8, 4) is 0 Å². The second-order valence-electron chi connectivity index (χ2n) is 5.77. The molecule has 0 aliphatic carbocycles. The smallest absolute Gasteiger partial charge is 0.258 e. The van der Waals surface area contributed by atoms with Gasteiger partial charge in [-0.3, -0.25) is 4.79 Å². The predicted molar refractivity (Wildman–Crippen MR) is 104 cm³/mol. The van der Waals surface area contributed by atoms with E-state index in [0.29, 0.717) is 44.1 Å². The quantitative estimate of drug-likeness (QED) is 0.478. The van der Waals surface area contributed by atoms with Crippen LogP contribution in [0.3, 0.4) is 0 Å². The first kappa shape index (κ1) is 16.8. The van der Waals surface area contributed by atoms with Crippen molar-refractivity contribution in [2.24, 2.45) is 0 Å². The van der Waals surface area contributed by atoms with Crippen molar-refractivity contribution in [3.05, 3.63) is 80.4 Å². The Morgan fingerprint density at radius 1 is 1.08 bits per heavy atom. The summed E-state index contributed by atoms with van der Waals surface area (Å²) in [7, 11) is 0. The molecule has 2 N–H and O–H groups in total. The molecule has 4 nitrogen and oxygen atoms in total. The number of hydrogen-bond acceptors (Lipinski definition) is 3. The van der Waals surface area contributed by atoms with Gasteiger partial charge in [0.2, 0.25) is 0 Å². The summed E-state index contributed by atoms with van der Waals surface area (Å²) in [5, 5.41) is 5.76. The van der Waals surface area contributed by atoms with Crippen LogP contribution in [0.1, 0.15) is 5.56 Å². The lowest BCUT2D eigenvalue weighted by Gasteiger charge is -2.13. The fraction of sp³-hybridized carbons (Fsp3) is 0.0526. The van der Waals surface area contributed by atoms with Crippen LogP contribution in [-0.4, -0.2) is 9.97 Å². The van der Waals surface area contributed by atoms with Gasteiger partial charge in [-0.2, -0.15) is 0 Å². The van der Waals surface area contributed by atoms with Crippen LogP contribution in [0.4, 0.5) is 10.2 Å². The molecule has 130 valence electrons. The Morgan fingerprint density at radius 2 is 1.85 bits per heavy atom. The third-order valence-electron chi connectivity index (χ3n) is 4.17. The van der Waals surface area contributed by atoms with Crippen molar-refractivity contribution in [2.45, 2.75) is 6.54 Å². The maximum atomic E-state index is 13.8. The highest BCUT2D eigenvalue weighted by molar-refractivity contribution is 6.36. The average Bonchev–Trinajstić information content (AvgIpc) is 2.61. The first-order valence-corrected chi connectivity index (χ1v) is 8.57. The Kier molecular flexibility index (Phi) is 4.26. The molecular formula is C19H12Cl2FN3O. The van der Waals surface area contributed by atoms with Crippen molar-refractivity contribution in [2.75, 3.05) is 5.32 Å². The second-order valence-corrected chi connectivity index (χ2v) is 6.59. The highest BCUT2D eigenvalue weighted by Crippen LogP contribution is 2.30. The van der Waals surface area contributed by atoms with E-state index in [2.05, 4.69) is 15.3 Å². The minimum absolute atomic E-state index is 0.314. The lowest BCUT2D eigenvalue weighted by atomic mass is 10.1. The van der Waals surface area contributed by atoms with E-state index in [4.69, 9.17) is 23.2 Å². The van der Waals surface area contributed by atoms with Crippen molar-refractivity contribution >= 4 is 50.7 Å². The SMILES string of the molecule is O=c1[nH]ccc2nc(NCc3c(Cl)cccc3Cl)c3ccc(F)cc3c12. The van der Waals surface area contributed by atoms with Crippen LogP contribution in [0.2, 0.25) is 10.0 Å². The predicted octanol–water partition coefficient (Wildman–Crippen LogP) is 5.13. The molecule has 0 spiro atoms. The van der Waals surface area contributed by atoms with E-state index in [9.17, 15) is 9.18 Å². The molecule has 2 heterocycles. The van der Waals surface area contributed by atoms with Gasteiger partial charge in [0.1, 0.15) is 11.6 Å². The summed E-state index contributed by atoms with van der Waals surface area (Å²) >= 11 is 12.4. The van der Waals surface area contributed by atoms with Crippen molar-refractivity contribution in [1.29, 1.82) is 0 Å². The van der Waals surface area contributed by atoms with Gasteiger partial charge in [0.15, 0.2) is 0 Å². The Hall–Kier alpha value is -2.63. The molecule has 2 aromatic carbocycles. The lowest BCUT2D eigenvalue weighted by molar-refractivity contribution is 0.630. The van der Waals surface area contributed by atoms with Gasteiger partial charge in [-0.15, -0.1) is 0 Å². The van der Waals surface area contributed by atoms with Crippen LogP contribution in [-0.2, 0) is 6.54 Å². The monoisotopic (exact) mass is 387 g/mol. The number of hydrogen-bond donors (Lipinski definition) is 2. The zero-order chi connectivity index (χ0) is 18.3. The third kappa shape index (κ3) is 2.89.